The molecule has 5 rings (SSSR count). The summed E-state index contributed by atoms with van der Waals surface area (Å²) in [5.74, 6) is 0.991. The molecule has 0 aliphatic heterocycles. The number of nitrogens with zero attached hydrogens (tertiary/aromatic N) is 1. The number of para-hydroxylation sites is 1. The Morgan fingerprint density at radius 3 is 2.60 bits per heavy atom. The molecule has 5 aromatic rings. The van der Waals surface area contributed by atoms with Crippen LogP contribution in [0, 0.1) is 0 Å². The average molecular weight is 507 g/mol. The number of rotatable bonds is 7. The van der Waals surface area contributed by atoms with Crippen LogP contribution < -0.4 is 9.47 Å². The third kappa shape index (κ3) is 4.76. The van der Waals surface area contributed by atoms with Crippen LogP contribution in [0.4, 0.5) is 4.79 Å². The number of pyridine rings is 1. The van der Waals surface area contributed by atoms with Crippen LogP contribution in [-0.2, 0) is 6.42 Å². The van der Waals surface area contributed by atoms with E-state index in [4.69, 9.17) is 32.7 Å². The molecular formula is C27H20Cl2N2O4. The number of H-pyrrole nitrogens is 1. The van der Waals surface area contributed by atoms with Gasteiger partial charge in [0, 0.05) is 28.1 Å². The molecule has 8 heteroatoms. The maximum atomic E-state index is 11.4. The highest BCUT2D eigenvalue weighted by Gasteiger charge is 2.19. The first-order valence-electron chi connectivity index (χ1n) is 11.0. The minimum atomic E-state index is -1.39. The molecule has 0 radical (unpaired) electrons. The van der Waals surface area contributed by atoms with Gasteiger partial charge in [-0.25, -0.2) is 4.79 Å². The molecule has 6 nitrogen and oxygen atoms in total. The SMILES string of the molecule is O=C(O)Oc1[nH]c2c(-c3ncc(Cl)cc3Cl)cccc2c1CCCOc1cccc2ccccc12. The minimum Gasteiger partial charge on any atom is -0.493 e. The molecule has 2 N–H and O–H groups in total. The number of carbonyl (C=O) groups is 1. The Labute approximate surface area is 211 Å². The monoisotopic (exact) mass is 506 g/mol. The molecule has 2 heterocycles. The maximum Gasteiger partial charge on any atom is 0.512 e. The molecule has 0 spiro atoms. The van der Waals surface area contributed by atoms with Crippen LogP contribution in [0.2, 0.25) is 10.0 Å². The summed E-state index contributed by atoms with van der Waals surface area (Å²) >= 11 is 12.4. The highest BCUT2D eigenvalue weighted by Crippen LogP contribution is 2.38. The van der Waals surface area contributed by atoms with Gasteiger partial charge in [-0.15, -0.1) is 0 Å². The zero-order chi connectivity index (χ0) is 24.4. The van der Waals surface area contributed by atoms with Crippen LogP contribution in [0.15, 0.2) is 72.9 Å². The molecule has 0 bridgehead atoms. The van der Waals surface area contributed by atoms with Crippen molar-refractivity contribution in [3.8, 4) is 22.9 Å². The fourth-order valence-corrected chi connectivity index (χ4v) is 4.72. The summed E-state index contributed by atoms with van der Waals surface area (Å²) in [4.78, 5) is 18.9. The van der Waals surface area contributed by atoms with Crippen molar-refractivity contribution in [1.29, 1.82) is 0 Å². The Balaban J connectivity index is 1.43. The lowest BCUT2D eigenvalue weighted by Gasteiger charge is -2.10. The quantitative estimate of drug-likeness (QED) is 0.174. The van der Waals surface area contributed by atoms with E-state index in [0.29, 0.717) is 40.7 Å². The number of ether oxygens (including phenoxy) is 2. The van der Waals surface area contributed by atoms with Gasteiger partial charge in [-0.2, -0.15) is 0 Å². The van der Waals surface area contributed by atoms with Crippen LogP contribution >= 0.6 is 23.2 Å². The van der Waals surface area contributed by atoms with Crippen molar-refractivity contribution in [3.05, 3.63) is 88.5 Å². The second-order valence-electron chi connectivity index (χ2n) is 7.94. The van der Waals surface area contributed by atoms with Crippen molar-refractivity contribution in [2.45, 2.75) is 12.8 Å². The van der Waals surface area contributed by atoms with E-state index in [2.05, 4.69) is 9.97 Å². The van der Waals surface area contributed by atoms with E-state index in [1.165, 1.54) is 6.20 Å². The fourth-order valence-electron chi connectivity index (χ4n) is 4.24. The molecule has 176 valence electrons. The number of carboxylic acid groups (broad SMARTS) is 1. The van der Waals surface area contributed by atoms with Gasteiger partial charge in [-0.3, -0.25) is 4.98 Å². The van der Waals surface area contributed by atoms with Crippen LogP contribution in [0.5, 0.6) is 11.6 Å². The number of fused-ring (bicyclic) bond motifs is 2. The zero-order valence-corrected chi connectivity index (χ0v) is 19.9. The normalized spacial score (nSPS) is 11.1. The number of hydrogen-bond acceptors (Lipinski definition) is 4. The van der Waals surface area contributed by atoms with E-state index < -0.39 is 6.16 Å². The number of nitrogens with one attached hydrogen (secondary N) is 1. The van der Waals surface area contributed by atoms with E-state index in [9.17, 15) is 9.90 Å². The van der Waals surface area contributed by atoms with Crippen molar-refractivity contribution < 1.29 is 19.4 Å². The molecule has 0 saturated heterocycles. The van der Waals surface area contributed by atoms with Crippen molar-refractivity contribution in [3.63, 3.8) is 0 Å². The minimum absolute atomic E-state index is 0.176. The number of aromatic nitrogens is 2. The summed E-state index contributed by atoms with van der Waals surface area (Å²) in [5.41, 5.74) is 2.69. The first-order chi connectivity index (χ1) is 17.0. The van der Waals surface area contributed by atoms with Gasteiger partial charge < -0.3 is 19.6 Å². The molecule has 0 saturated carbocycles. The van der Waals surface area contributed by atoms with Crippen molar-refractivity contribution in [1.82, 2.24) is 9.97 Å². The summed E-state index contributed by atoms with van der Waals surface area (Å²) in [5, 5.41) is 13.1. The predicted molar refractivity (Wildman–Crippen MR) is 138 cm³/mol. The third-order valence-corrected chi connectivity index (χ3v) is 6.23. The van der Waals surface area contributed by atoms with E-state index in [-0.39, 0.29) is 5.88 Å². The average Bonchev–Trinajstić information content (AvgIpc) is 3.18. The molecule has 0 aliphatic carbocycles. The van der Waals surface area contributed by atoms with Crippen LogP contribution in [-0.4, -0.2) is 27.8 Å². The van der Waals surface area contributed by atoms with Gasteiger partial charge in [0.15, 0.2) is 0 Å². The lowest BCUT2D eigenvalue weighted by molar-refractivity contribution is 0.142. The highest BCUT2D eigenvalue weighted by atomic mass is 35.5. The Morgan fingerprint density at radius 2 is 1.77 bits per heavy atom. The molecule has 3 aromatic carbocycles. The fraction of sp³-hybridized carbons (Fsp3) is 0.111. The first kappa shape index (κ1) is 23.0. The van der Waals surface area contributed by atoms with E-state index in [0.717, 1.165) is 33.0 Å². The summed E-state index contributed by atoms with van der Waals surface area (Å²) in [6, 6.07) is 21.3. The smallest absolute Gasteiger partial charge is 0.493 e. The van der Waals surface area contributed by atoms with Crippen LogP contribution in [0.25, 0.3) is 32.9 Å². The molecule has 0 unspecified atom stereocenters. The topological polar surface area (TPSA) is 84.4 Å². The van der Waals surface area contributed by atoms with Crippen LogP contribution in [0.3, 0.4) is 0 Å². The van der Waals surface area contributed by atoms with Crippen molar-refractivity contribution in [2.24, 2.45) is 0 Å². The van der Waals surface area contributed by atoms with Crippen molar-refractivity contribution >= 4 is 51.0 Å². The number of aromatic amines is 1. The Morgan fingerprint density at radius 1 is 1.00 bits per heavy atom. The number of aryl methyl sites for hydroxylation is 1. The zero-order valence-electron chi connectivity index (χ0n) is 18.4. The molecule has 0 amide bonds. The second kappa shape index (κ2) is 9.86. The maximum absolute atomic E-state index is 11.4. The summed E-state index contributed by atoms with van der Waals surface area (Å²) in [7, 11) is 0. The van der Waals surface area contributed by atoms with Crippen LogP contribution in [0.1, 0.15) is 12.0 Å². The van der Waals surface area contributed by atoms with Gasteiger partial charge in [0.05, 0.1) is 27.9 Å². The van der Waals surface area contributed by atoms with Gasteiger partial charge in [-0.05, 0) is 30.4 Å². The van der Waals surface area contributed by atoms with Gasteiger partial charge >= 0.3 is 6.16 Å². The highest BCUT2D eigenvalue weighted by molar-refractivity contribution is 6.36. The molecule has 0 fully saturated rings. The molecule has 0 atom stereocenters. The standard InChI is InChI=1S/C27H20Cl2N2O4/c28-17-14-22(29)25(30-15-17)21-10-4-9-19-20(26(31-24(19)21)35-27(32)33)11-5-13-34-23-12-3-7-16-6-1-2-8-18(16)23/h1-4,6-10,12,14-15,31H,5,11,13H2,(H,32,33). The Kier molecular flexibility index (Phi) is 6.49. The molecular weight excluding hydrogens is 487 g/mol. The first-order valence-corrected chi connectivity index (χ1v) is 11.7. The molecule has 35 heavy (non-hydrogen) atoms. The summed E-state index contributed by atoms with van der Waals surface area (Å²) in [6.07, 6.45) is 1.31. The number of hydrogen-bond donors (Lipinski definition) is 2. The lowest BCUT2D eigenvalue weighted by Crippen LogP contribution is -2.06. The number of benzene rings is 3. The van der Waals surface area contributed by atoms with Gasteiger partial charge in [0.1, 0.15) is 5.75 Å². The molecule has 2 aromatic heterocycles. The largest absolute Gasteiger partial charge is 0.512 e. The predicted octanol–water partition coefficient (Wildman–Crippen LogP) is 7.76. The van der Waals surface area contributed by atoms with Gasteiger partial charge in [0.25, 0.3) is 0 Å². The molecule has 0 aliphatic rings. The summed E-state index contributed by atoms with van der Waals surface area (Å²) < 4.78 is 11.2. The third-order valence-electron chi connectivity index (χ3n) is 5.73. The van der Waals surface area contributed by atoms with E-state index in [1.807, 2.05) is 60.7 Å². The van der Waals surface area contributed by atoms with E-state index >= 15 is 0 Å². The van der Waals surface area contributed by atoms with Gasteiger partial charge in [0.2, 0.25) is 5.88 Å². The van der Waals surface area contributed by atoms with Crippen molar-refractivity contribution in [2.75, 3.05) is 6.61 Å². The Hall–Kier alpha value is -3.74. The van der Waals surface area contributed by atoms with E-state index in [1.54, 1.807) is 6.07 Å². The second-order valence-corrected chi connectivity index (χ2v) is 8.79. The number of halogens is 2. The lowest BCUT2D eigenvalue weighted by atomic mass is 10.0. The summed E-state index contributed by atoms with van der Waals surface area (Å²) in [6.45, 7) is 0.456. The van der Waals surface area contributed by atoms with Gasteiger partial charge in [-0.1, -0.05) is 77.8 Å². The Bertz CT molecular complexity index is 1540.